The molecule has 1 unspecified atom stereocenters. The fraction of sp³-hybridized carbons (Fsp3) is 0.375. The van der Waals surface area contributed by atoms with Crippen LogP contribution in [0.5, 0.6) is 0 Å². The van der Waals surface area contributed by atoms with Gasteiger partial charge in [-0.2, -0.15) is 5.10 Å². The lowest BCUT2D eigenvalue weighted by atomic mass is 10.1. The van der Waals surface area contributed by atoms with Crippen molar-refractivity contribution in [2.75, 3.05) is 16.6 Å². The summed E-state index contributed by atoms with van der Waals surface area (Å²) in [6, 6.07) is 8.45. The van der Waals surface area contributed by atoms with Crippen molar-refractivity contribution in [2.24, 2.45) is 0 Å². The molecule has 24 heavy (non-hydrogen) atoms. The average Bonchev–Trinajstić information content (AvgIpc) is 3.16. The summed E-state index contributed by atoms with van der Waals surface area (Å²) in [5.41, 5.74) is 0.988. The van der Waals surface area contributed by atoms with Gasteiger partial charge in [0, 0.05) is 30.5 Å². The van der Waals surface area contributed by atoms with Crippen molar-refractivity contribution in [3.05, 3.63) is 48.3 Å². The van der Waals surface area contributed by atoms with Gasteiger partial charge in [0.25, 0.3) is 5.91 Å². The summed E-state index contributed by atoms with van der Waals surface area (Å²) in [7, 11) is -3.25. The molecule has 1 aromatic heterocycles. The van der Waals surface area contributed by atoms with Crippen LogP contribution in [0, 0.1) is 0 Å². The molecule has 0 bridgehead atoms. The van der Waals surface area contributed by atoms with E-state index in [0.717, 1.165) is 0 Å². The van der Waals surface area contributed by atoms with Crippen molar-refractivity contribution in [3.63, 3.8) is 0 Å². The maximum atomic E-state index is 12.4. The molecule has 0 spiro atoms. The smallest absolute Gasteiger partial charge is 0.251 e. The van der Waals surface area contributed by atoms with E-state index in [1.807, 2.05) is 19.2 Å². The fourth-order valence-electron chi connectivity index (χ4n) is 2.77. The van der Waals surface area contributed by atoms with E-state index in [9.17, 15) is 13.2 Å². The summed E-state index contributed by atoms with van der Waals surface area (Å²) in [5, 5.41) is 7.02. The highest BCUT2D eigenvalue weighted by molar-refractivity contribution is 7.93. The molecule has 1 amide bonds. The van der Waals surface area contributed by atoms with Gasteiger partial charge in [-0.3, -0.25) is 13.8 Å². The molecule has 0 aliphatic carbocycles. The van der Waals surface area contributed by atoms with Crippen LogP contribution in [0.15, 0.2) is 42.7 Å². The Bertz CT molecular complexity index is 818. The van der Waals surface area contributed by atoms with Crippen LogP contribution < -0.4 is 9.62 Å². The van der Waals surface area contributed by atoms with Gasteiger partial charge in [-0.1, -0.05) is 6.07 Å². The minimum atomic E-state index is -3.25. The number of amides is 1. The topological polar surface area (TPSA) is 84.3 Å². The fourth-order valence-corrected chi connectivity index (χ4v) is 4.33. The quantitative estimate of drug-likeness (QED) is 0.881. The number of anilines is 1. The van der Waals surface area contributed by atoms with Crippen molar-refractivity contribution in [1.29, 1.82) is 0 Å². The zero-order chi connectivity index (χ0) is 17.2. The monoisotopic (exact) mass is 348 g/mol. The molecule has 1 aliphatic heterocycles. The summed E-state index contributed by atoms with van der Waals surface area (Å²) >= 11 is 0. The Hall–Kier alpha value is -2.35. The molecule has 128 valence electrons. The first kappa shape index (κ1) is 16.5. The van der Waals surface area contributed by atoms with Gasteiger partial charge in [0.15, 0.2) is 0 Å². The first-order valence-corrected chi connectivity index (χ1v) is 9.45. The Morgan fingerprint density at radius 2 is 2.21 bits per heavy atom. The van der Waals surface area contributed by atoms with E-state index in [2.05, 4.69) is 10.4 Å². The third-order valence-corrected chi connectivity index (χ3v) is 5.76. The SMILES string of the molecule is CC(Cn1cccn1)NC(=O)c1cccc(N2CCCS2(=O)=O)c1. The summed E-state index contributed by atoms with van der Waals surface area (Å²) in [6.07, 6.45) is 4.13. The number of carbonyl (C=O) groups is 1. The number of rotatable bonds is 5. The summed E-state index contributed by atoms with van der Waals surface area (Å²) in [4.78, 5) is 12.4. The summed E-state index contributed by atoms with van der Waals surface area (Å²) < 4.78 is 27.1. The Kier molecular flexibility index (Phi) is 4.57. The third kappa shape index (κ3) is 3.59. The second-order valence-electron chi connectivity index (χ2n) is 5.89. The number of hydrogen-bond acceptors (Lipinski definition) is 4. The highest BCUT2D eigenvalue weighted by Gasteiger charge is 2.28. The van der Waals surface area contributed by atoms with Crippen LogP contribution in [-0.2, 0) is 16.6 Å². The van der Waals surface area contributed by atoms with Crippen LogP contribution in [0.4, 0.5) is 5.69 Å². The van der Waals surface area contributed by atoms with E-state index in [1.54, 1.807) is 35.1 Å². The molecule has 1 aromatic carbocycles. The molecule has 1 fully saturated rings. The predicted octanol–water partition coefficient (Wildman–Crippen LogP) is 1.24. The molecule has 3 rings (SSSR count). The van der Waals surface area contributed by atoms with Gasteiger partial charge in [-0.25, -0.2) is 8.42 Å². The van der Waals surface area contributed by atoms with Gasteiger partial charge in [-0.15, -0.1) is 0 Å². The predicted molar refractivity (Wildman–Crippen MR) is 91.3 cm³/mol. The van der Waals surface area contributed by atoms with Crippen molar-refractivity contribution < 1.29 is 13.2 Å². The van der Waals surface area contributed by atoms with E-state index in [4.69, 9.17) is 0 Å². The van der Waals surface area contributed by atoms with Crippen LogP contribution in [0.25, 0.3) is 0 Å². The lowest BCUT2D eigenvalue weighted by molar-refractivity contribution is 0.0936. The Morgan fingerprint density at radius 1 is 1.38 bits per heavy atom. The molecule has 1 aliphatic rings. The highest BCUT2D eigenvalue weighted by Crippen LogP contribution is 2.24. The third-order valence-electron chi connectivity index (χ3n) is 3.89. The van der Waals surface area contributed by atoms with Gasteiger partial charge in [-0.05, 0) is 37.6 Å². The largest absolute Gasteiger partial charge is 0.348 e. The molecule has 8 heteroatoms. The molecule has 2 heterocycles. The number of nitrogens with one attached hydrogen (secondary N) is 1. The van der Waals surface area contributed by atoms with Gasteiger partial charge in [0.2, 0.25) is 10.0 Å². The lowest BCUT2D eigenvalue weighted by Crippen LogP contribution is -2.36. The van der Waals surface area contributed by atoms with E-state index >= 15 is 0 Å². The van der Waals surface area contributed by atoms with Crippen molar-refractivity contribution in [3.8, 4) is 0 Å². The molecule has 0 radical (unpaired) electrons. The Labute approximate surface area is 141 Å². The average molecular weight is 348 g/mol. The van der Waals surface area contributed by atoms with Crippen LogP contribution >= 0.6 is 0 Å². The molecular weight excluding hydrogens is 328 g/mol. The van der Waals surface area contributed by atoms with Gasteiger partial charge < -0.3 is 5.32 Å². The zero-order valence-corrected chi connectivity index (χ0v) is 14.2. The van der Waals surface area contributed by atoms with Gasteiger partial charge in [0.05, 0.1) is 18.0 Å². The van der Waals surface area contributed by atoms with Gasteiger partial charge >= 0.3 is 0 Å². The lowest BCUT2D eigenvalue weighted by Gasteiger charge is -2.18. The van der Waals surface area contributed by atoms with Crippen molar-refractivity contribution in [1.82, 2.24) is 15.1 Å². The number of nitrogens with zero attached hydrogens (tertiary/aromatic N) is 3. The minimum Gasteiger partial charge on any atom is -0.348 e. The first-order chi connectivity index (χ1) is 11.5. The Morgan fingerprint density at radius 3 is 2.88 bits per heavy atom. The van der Waals surface area contributed by atoms with E-state index in [-0.39, 0.29) is 17.7 Å². The number of aromatic nitrogens is 2. The number of carbonyl (C=O) groups excluding carboxylic acids is 1. The van der Waals surface area contributed by atoms with Crippen LogP contribution in [0.2, 0.25) is 0 Å². The van der Waals surface area contributed by atoms with Crippen LogP contribution in [-0.4, -0.2) is 42.4 Å². The molecule has 7 nitrogen and oxygen atoms in total. The molecule has 1 saturated heterocycles. The normalized spacial score (nSPS) is 17.6. The Balaban J connectivity index is 1.70. The van der Waals surface area contributed by atoms with Crippen LogP contribution in [0.3, 0.4) is 0 Å². The standard InChI is InChI=1S/C16H20N4O3S/c1-13(12-19-8-3-7-17-19)18-16(21)14-5-2-6-15(11-14)20-9-4-10-24(20,22)23/h2-3,5-8,11,13H,4,9-10,12H2,1H3,(H,18,21). The number of hydrogen-bond donors (Lipinski definition) is 1. The number of benzene rings is 1. The van der Waals surface area contributed by atoms with Crippen LogP contribution in [0.1, 0.15) is 23.7 Å². The van der Waals surface area contributed by atoms with Crippen molar-refractivity contribution in [2.45, 2.75) is 25.9 Å². The summed E-state index contributed by atoms with van der Waals surface area (Å²) in [6.45, 7) is 2.93. The molecule has 0 saturated carbocycles. The minimum absolute atomic E-state index is 0.100. The van der Waals surface area contributed by atoms with E-state index in [0.29, 0.717) is 30.8 Å². The van der Waals surface area contributed by atoms with E-state index < -0.39 is 10.0 Å². The molecular formula is C16H20N4O3S. The van der Waals surface area contributed by atoms with E-state index in [1.165, 1.54) is 4.31 Å². The second kappa shape index (κ2) is 6.64. The molecule has 1 atom stereocenters. The second-order valence-corrected chi connectivity index (χ2v) is 7.91. The highest BCUT2D eigenvalue weighted by atomic mass is 32.2. The molecule has 1 N–H and O–H groups in total. The first-order valence-electron chi connectivity index (χ1n) is 7.84. The number of sulfonamides is 1. The summed E-state index contributed by atoms with van der Waals surface area (Å²) in [5.74, 6) is -0.0715. The van der Waals surface area contributed by atoms with Crippen molar-refractivity contribution >= 4 is 21.6 Å². The maximum Gasteiger partial charge on any atom is 0.251 e. The maximum absolute atomic E-state index is 12.4. The molecule has 2 aromatic rings. The zero-order valence-electron chi connectivity index (χ0n) is 13.4. The van der Waals surface area contributed by atoms with Gasteiger partial charge in [0.1, 0.15) is 0 Å².